The molecule has 0 aromatic heterocycles. The molecule has 0 spiro atoms. The average molecular weight is 258 g/mol. The van der Waals surface area contributed by atoms with Crippen molar-refractivity contribution in [1.29, 1.82) is 0 Å². The molecule has 3 rings (SSSR count). The van der Waals surface area contributed by atoms with Gasteiger partial charge in [-0.25, -0.2) is 0 Å². The van der Waals surface area contributed by atoms with E-state index in [1.165, 1.54) is 19.5 Å². The molecule has 3 atom stereocenters. The van der Waals surface area contributed by atoms with Crippen LogP contribution in [0, 0.1) is 16.7 Å². The summed E-state index contributed by atoms with van der Waals surface area (Å²) >= 11 is 12.3. The Morgan fingerprint density at radius 1 is 1.44 bits per heavy atom. The number of hydrogen-bond acceptors (Lipinski definition) is 1. The van der Waals surface area contributed by atoms with Crippen molar-refractivity contribution < 1.29 is 0 Å². The number of allylic oxidation sites excluding steroid dienone is 4. The Balaban J connectivity index is 1.90. The van der Waals surface area contributed by atoms with E-state index in [0.29, 0.717) is 5.41 Å². The predicted molar refractivity (Wildman–Crippen MR) is 68.6 cm³/mol. The summed E-state index contributed by atoms with van der Waals surface area (Å²) in [6, 6.07) is 0. The maximum atomic E-state index is 6.23. The first kappa shape index (κ1) is 11.1. The van der Waals surface area contributed by atoms with Crippen molar-refractivity contribution >= 4 is 23.2 Å². The third kappa shape index (κ3) is 1.35. The smallest absolute Gasteiger partial charge is 0.0548 e. The molecule has 1 unspecified atom stereocenters. The van der Waals surface area contributed by atoms with E-state index in [-0.39, 0.29) is 5.41 Å². The van der Waals surface area contributed by atoms with E-state index in [4.69, 9.17) is 23.2 Å². The Morgan fingerprint density at radius 2 is 2.19 bits per heavy atom. The summed E-state index contributed by atoms with van der Waals surface area (Å²) in [6.07, 6.45) is 6.56. The number of likely N-dealkylation sites (tertiary alicyclic amines) is 1. The normalized spacial score (nSPS) is 47.4. The minimum Gasteiger partial charge on any atom is -0.305 e. The van der Waals surface area contributed by atoms with Crippen LogP contribution in [0.25, 0.3) is 0 Å². The molecule has 2 aliphatic carbocycles. The SMILES string of the molecule is CN1C[C@@H]2C[C@]2(C2(C)C=CC(Cl)=C(Cl)C2)C1. The van der Waals surface area contributed by atoms with Crippen molar-refractivity contribution in [3.05, 3.63) is 22.2 Å². The lowest BCUT2D eigenvalue weighted by Gasteiger charge is -2.37. The summed E-state index contributed by atoms with van der Waals surface area (Å²) in [5, 5.41) is 1.56. The van der Waals surface area contributed by atoms with Gasteiger partial charge < -0.3 is 4.90 Å². The van der Waals surface area contributed by atoms with Crippen LogP contribution < -0.4 is 0 Å². The zero-order valence-electron chi connectivity index (χ0n) is 9.76. The van der Waals surface area contributed by atoms with E-state index in [2.05, 4.69) is 24.9 Å². The van der Waals surface area contributed by atoms with Gasteiger partial charge in [0.05, 0.1) is 5.03 Å². The third-order valence-corrected chi connectivity index (χ3v) is 5.62. The van der Waals surface area contributed by atoms with Crippen LogP contribution in [0.3, 0.4) is 0 Å². The number of fused-ring (bicyclic) bond motifs is 1. The van der Waals surface area contributed by atoms with Gasteiger partial charge in [0.25, 0.3) is 0 Å². The van der Waals surface area contributed by atoms with Crippen molar-refractivity contribution in [1.82, 2.24) is 4.90 Å². The highest BCUT2D eigenvalue weighted by molar-refractivity contribution is 6.40. The van der Waals surface area contributed by atoms with Gasteiger partial charge in [0.1, 0.15) is 0 Å². The van der Waals surface area contributed by atoms with E-state index >= 15 is 0 Å². The van der Waals surface area contributed by atoms with Crippen molar-refractivity contribution in [2.75, 3.05) is 20.1 Å². The molecule has 0 radical (unpaired) electrons. The zero-order valence-corrected chi connectivity index (χ0v) is 11.3. The molecule has 1 nitrogen and oxygen atoms in total. The number of hydrogen-bond donors (Lipinski definition) is 0. The lowest BCUT2D eigenvalue weighted by atomic mass is 9.69. The second kappa shape index (κ2) is 3.28. The fourth-order valence-corrected chi connectivity index (χ4v) is 4.24. The summed E-state index contributed by atoms with van der Waals surface area (Å²) in [5.41, 5.74) is 0.674. The Morgan fingerprint density at radius 3 is 2.75 bits per heavy atom. The van der Waals surface area contributed by atoms with Crippen LogP contribution >= 0.6 is 23.2 Å². The molecule has 0 aromatic rings. The lowest BCUT2D eigenvalue weighted by Crippen LogP contribution is -2.34. The van der Waals surface area contributed by atoms with E-state index in [1.54, 1.807) is 0 Å². The largest absolute Gasteiger partial charge is 0.305 e. The highest BCUT2D eigenvalue weighted by atomic mass is 35.5. The molecule has 0 aromatic carbocycles. The zero-order chi connectivity index (χ0) is 11.6. The quantitative estimate of drug-likeness (QED) is 0.694. The highest BCUT2D eigenvalue weighted by Gasteiger charge is 2.67. The third-order valence-electron chi connectivity index (χ3n) is 4.83. The molecular formula is C13H17Cl2N. The van der Waals surface area contributed by atoms with Gasteiger partial charge in [-0.15, -0.1) is 0 Å². The molecular weight excluding hydrogens is 241 g/mol. The average Bonchev–Trinajstić information content (AvgIpc) is 2.78. The first-order chi connectivity index (χ1) is 7.47. The second-order valence-electron chi connectivity index (χ2n) is 5.93. The molecule has 3 heteroatoms. The monoisotopic (exact) mass is 257 g/mol. The molecule has 1 saturated heterocycles. The van der Waals surface area contributed by atoms with Crippen molar-refractivity contribution in [2.45, 2.75) is 19.8 Å². The first-order valence-electron chi connectivity index (χ1n) is 5.89. The van der Waals surface area contributed by atoms with Crippen molar-refractivity contribution in [3.8, 4) is 0 Å². The Kier molecular flexibility index (Phi) is 2.28. The number of rotatable bonds is 1. The number of halogens is 2. The van der Waals surface area contributed by atoms with Crippen LogP contribution in [0.2, 0.25) is 0 Å². The maximum Gasteiger partial charge on any atom is 0.0548 e. The van der Waals surface area contributed by atoms with Gasteiger partial charge >= 0.3 is 0 Å². The molecule has 1 aliphatic heterocycles. The van der Waals surface area contributed by atoms with E-state index < -0.39 is 0 Å². The standard InChI is InChI=1S/C13H17Cl2N/c1-12(4-3-10(14)11(15)6-12)13-5-9(13)7-16(2)8-13/h3-4,9H,5-8H2,1-2H3/t9-,12?,13-/m0/s1. The molecule has 1 heterocycles. The molecule has 88 valence electrons. The van der Waals surface area contributed by atoms with Crippen LogP contribution in [0.5, 0.6) is 0 Å². The predicted octanol–water partition coefficient (Wildman–Crippen LogP) is 3.59. The van der Waals surface area contributed by atoms with Crippen LogP contribution in [-0.4, -0.2) is 25.0 Å². The van der Waals surface area contributed by atoms with Gasteiger partial charge in [-0.1, -0.05) is 36.2 Å². The molecule has 3 aliphatic rings. The minimum atomic E-state index is 0.206. The topological polar surface area (TPSA) is 3.24 Å². The van der Waals surface area contributed by atoms with Crippen molar-refractivity contribution in [2.24, 2.45) is 16.7 Å². The molecule has 1 saturated carbocycles. The molecule has 16 heavy (non-hydrogen) atoms. The fourth-order valence-electron chi connectivity index (χ4n) is 3.77. The van der Waals surface area contributed by atoms with E-state index in [1.807, 2.05) is 6.08 Å². The first-order valence-corrected chi connectivity index (χ1v) is 6.64. The molecule has 0 amide bonds. The second-order valence-corrected chi connectivity index (χ2v) is 6.80. The summed E-state index contributed by atoms with van der Waals surface area (Å²) in [7, 11) is 2.22. The summed E-state index contributed by atoms with van der Waals surface area (Å²) in [5.74, 6) is 0.869. The summed E-state index contributed by atoms with van der Waals surface area (Å²) < 4.78 is 0. The summed E-state index contributed by atoms with van der Waals surface area (Å²) in [4.78, 5) is 2.45. The minimum absolute atomic E-state index is 0.206. The van der Waals surface area contributed by atoms with Gasteiger partial charge in [-0.3, -0.25) is 0 Å². The van der Waals surface area contributed by atoms with E-state index in [0.717, 1.165) is 22.4 Å². The number of piperidine rings is 1. The lowest BCUT2D eigenvalue weighted by molar-refractivity contribution is 0.199. The van der Waals surface area contributed by atoms with Gasteiger partial charge in [0.2, 0.25) is 0 Å². The van der Waals surface area contributed by atoms with E-state index in [9.17, 15) is 0 Å². The molecule has 0 bridgehead atoms. The Bertz CT molecular complexity index is 401. The van der Waals surface area contributed by atoms with Gasteiger partial charge in [-0.2, -0.15) is 0 Å². The Labute approximate surface area is 107 Å². The molecule has 0 N–H and O–H groups in total. The maximum absolute atomic E-state index is 6.23. The molecule has 2 fully saturated rings. The van der Waals surface area contributed by atoms with Crippen LogP contribution in [0.15, 0.2) is 22.2 Å². The van der Waals surface area contributed by atoms with Gasteiger partial charge in [0, 0.05) is 18.1 Å². The van der Waals surface area contributed by atoms with Crippen LogP contribution in [0.1, 0.15) is 19.8 Å². The van der Waals surface area contributed by atoms with Crippen LogP contribution in [-0.2, 0) is 0 Å². The summed E-state index contributed by atoms with van der Waals surface area (Å²) in [6.45, 7) is 4.80. The fraction of sp³-hybridized carbons (Fsp3) is 0.692. The van der Waals surface area contributed by atoms with Gasteiger partial charge in [0.15, 0.2) is 0 Å². The Hall–Kier alpha value is 0.0200. The van der Waals surface area contributed by atoms with Crippen LogP contribution in [0.4, 0.5) is 0 Å². The van der Waals surface area contributed by atoms with Gasteiger partial charge in [-0.05, 0) is 42.7 Å². The van der Waals surface area contributed by atoms with Crippen molar-refractivity contribution in [3.63, 3.8) is 0 Å². The number of nitrogens with zero attached hydrogens (tertiary/aromatic N) is 1. The highest BCUT2D eigenvalue weighted by Crippen LogP contribution is 2.69.